The van der Waals surface area contributed by atoms with Gasteiger partial charge in [-0.3, -0.25) is 4.68 Å². The second-order valence-electron chi connectivity index (χ2n) is 7.04. The predicted molar refractivity (Wildman–Crippen MR) is 103 cm³/mol. The molecule has 0 unspecified atom stereocenters. The lowest BCUT2D eigenvalue weighted by Crippen LogP contribution is -2.10. The molecule has 8 heteroatoms. The van der Waals surface area contributed by atoms with E-state index in [4.69, 9.17) is 9.47 Å². The molecule has 4 rings (SSSR count). The Morgan fingerprint density at radius 2 is 1.76 bits per heavy atom. The summed E-state index contributed by atoms with van der Waals surface area (Å²) in [5, 5.41) is 4.62. The molecule has 0 radical (unpaired) electrons. The third-order valence-corrected chi connectivity index (χ3v) is 5.01. The summed E-state index contributed by atoms with van der Waals surface area (Å²) in [6.45, 7) is 4.05. The van der Waals surface area contributed by atoms with E-state index < -0.39 is 11.6 Å². The SMILES string of the molecule is CCOc1cc(F)c(Cn2nc(-c3ncc(OC)cn3)c(C)c2C2CC2)c(F)c1. The normalized spacial score (nSPS) is 13.6. The smallest absolute Gasteiger partial charge is 0.180 e. The molecule has 1 aromatic carbocycles. The van der Waals surface area contributed by atoms with E-state index in [1.54, 1.807) is 31.1 Å². The molecule has 0 aliphatic heterocycles. The van der Waals surface area contributed by atoms with Gasteiger partial charge in [-0.15, -0.1) is 0 Å². The van der Waals surface area contributed by atoms with E-state index >= 15 is 0 Å². The van der Waals surface area contributed by atoms with Gasteiger partial charge in [0.25, 0.3) is 0 Å². The molecule has 0 saturated heterocycles. The zero-order chi connectivity index (χ0) is 20.5. The largest absolute Gasteiger partial charge is 0.494 e. The lowest BCUT2D eigenvalue weighted by atomic mass is 10.1. The van der Waals surface area contributed by atoms with Crippen LogP contribution in [0, 0.1) is 18.6 Å². The summed E-state index contributed by atoms with van der Waals surface area (Å²) in [4.78, 5) is 8.62. The highest BCUT2D eigenvalue weighted by atomic mass is 19.1. The Labute approximate surface area is 167 Å². The van der Waals surface area contributed by atoms with E-state index in [0.29, 0.717) is 29.8 Å². The zero-order valence-electron chi connectivity index (χ0n) is 16.6. The minimum absolute atomic E-state index is 0.00704. The Morgan fingerprint density at radius 1 is 1.10 bits per heavy atom. The van der Waals surface area contributed by atoms with Crippen molar-refractivity contribution in [1.82, 2.24) is 19.7 Å². The first-order chi connectivity index (χ1) is 14.0. The van der Waals surface area contributed by atoms with Crippen LogP contribution < -0.4 is 9.47 Å². The summed E-state index contributed by atoms with van der Waals surface area (Å²) in [5.41, 5.74) is 2.48. The van der Waals surface area contributed by atoms with E-state index in [-0.39, 0.29) is 17.9 Å². The van der Waals surface area contributed by atoms with Crippen LogP contribution in [0.1, 0.15) is 42.5 Å². The number of nitrogens with zero attached hydrogens (tertiary/aromatic N) is 4. The summed E-state index contributed by atoms with van der Waals surface area (Å²) < 4.78 is 41.2. The summed E-state index contributed by atoms with van der Waals surface area (Å²) in [6, 6.07) is 2.42. The van der Waals surface area contributed by atoms with Crippen LogP contribution in [-0.2, 0) is 6.54 Å². The molecule has 6 nitrogen and oxygen atoms in total. The van der Waals surface area contributed by atoms with Gasteiger partial charge in [-0.05, 0) is 26.7 Å². The Morgan fingerprint density at radius 3 is 2.31 bits per heavy atom. The van der Waals surface area contributed by atoms with E-state index in [2.05, 4.69) is 15.1 Å². The van der Waals surface area contributed by atoms with Crippen molar-refractivity contribution in [3.8, 4) is 23.0 Å². The second-order valence-corrected chi connectivity index (χ2v) is 7.04. The van der Waals surface area contributed by atoms with Crippen molar-refractivity contribution in [2.24, 2.45) is 0 Å². The van der Waals surface area contributed by atoms with Crippen LogP contribution >= 0.6 is 0 Å². The third kappa shape index (κ3) is 3.79. The molecular formula is C21H22F2N4O2. The second kappa shape index (κ2) is 7.77. The number of ether oxygens (including phenoxy) is 2. The number of hydrogen-bond acceptors (Lipinski definition) is 5. The lowest BCUT2D eigenvalue weighted by Gasteiger charge is -2.11. The van der Waals surface area contributed by atoms with Crippen LogP contribution in [0.3, 0.4) is 0 Å². The first kappa shape index (κ1) is 19.3. The molecular weight excluding hydrogens is 378 g/mol. The van der Waals surface area contributed by atoms with Crippen LogP contribution in [0.2, 0.25) is 0 Å². The molecule has 0 bridgehead atoms. The highest BCUT2D eigenvalue weighted by molar-refractivity contribution is 5.57. The van der Waals surface area contributed by atoms with Gasteiger partial charge >= 0.3 is 0 Å². The van der Waals surface area contributed by atoms with Gasteiger partial charge in [-0.1, -0.05) is 0 Å². The fraction of sp³-hybridized carbons (Fsp3) is 0.381. The Balaban J connectivity index is 1.72. The molecule has 1 aliphatic carbocycles. The first-order valence-corrected chi connectivity index (χ1v) is 9.56. The summed E-state index contributed by atoms with van der Waals surface area (Å²) in [7, 11) is 1.55. The quantitative estimate of drug-likeness (QED) is 0.593. The van der Waals surface area contributed by atoms with Gasteiger partial charge in [-0.25, -0.2) is 18.7 Å². The van der Waals surface area contributed by atoms with Gasteiger partial charge in [0.15, 0.2) is 11.6 Å². The van der Waals surface area contributed by atoms with Crippen molar-refractivity contribution < 1.29 is 18.3 Å². The molecule has 0 amide bonds. The molecule has 2 aromatic heterocycles. The van der Waals surface area contributed by atoms with Crippen molar-refractivity contribution >= 4 is 0 Å². The van der Waals surface area contributed by atoms with Crippen LogP contribution in [0.5, 0.6) is 11.5 Å². The van der Waals surface area contributed by atoms with Gasteiger partial charge in [0.05, 0.1) is 32.7 Å². The van der Waals surface area contributed by atoms with Gasteiger partial charge < -0.3 is 9.47 Å². The number of methoxy groups -OCH3 is 1. The molecule has 0 spiro atoms. The number of benzene rings is 1. The highest BCUT2D eigenvalue weighted by Gasteiger charge is 2.32. The van der Waals surface area contributed by atoms with Gasteiger partial charge in [-0.2, -0.15) is 5.10 Å². The van der Waals surface area contributed by atoms with Crippen molar-refractivity contribution in [2.75, 3.05) is 13.7 Å². The van der Waals surface area contributed by atoms with E-state index in [1.807, 2.05) is 6.92 Å². The van der Waals surface area contributed by atoms with Crippen LogP contribution in [0.15, 0.2) is 24.5 Å². The highest BCUT2D eigenvalue weighted by Crippen LogP contribution is 2.43. The Bertz CT molecular complexity index is 1010. The number of halogens is 2. The Hall–Kier alpha value is -3.03. The molecule has 0 atom stereocenters. The maximum absolute atomic E-state index is 14.6. The molecule has 0 N–H and O–H groups in total. The maximum atomic E-state index is 14.6. The van der Waals surface area contributed by atoms with Crippen molar-refractivity contribution in [3.63, 3.8) is 0 Å². The van der Waals surface area contributed by atoms with Crippen molar-refractivity contribution in [1.29, 1.82) is 0 Å². The average molecular weight is 400 g/mol. The van der Waals surface area contributed by atoms with Gasteiger partial charge in [0, 0.05) is 34.9 Å². The topological polar surface area (TPSA) is 62.1 Å². The molecule has 3 aromatic rings. The third-order valence-electron chi connectivity index (χ3n) is 5.01. The van der Waals surface area contributed by atoms with Gasteiger partial charge in [0.2, 0.25) is 0 Å². The Kier molecular flexibility index (Phi) is 5.17. The van der Waals surface area contributed by atoms with Crippen LogP contribution in [0.4, 0.5) is 8.78 Å². The van der Waals surface area contributed by atoms with Crippen LogP contribution in [0.25, 0.3) is 11.5 Å². The molecule has 29 heavy (non-hydrogen) atoms. The summed E-state index contributed by atoms with van der Waals surface area (Å²) in [5.74, 6) is 0.223. The van der Waals surface area contributed by atoms with Crippen molar-refractivity contribution in [3.05, 3.63) is 53.0 Å². The van der Waals surface area contributed by atoms with E-state index in [9.17, 15) is 8.78 Å². The fourth-order valence-electron chi connectivity index (χ4n) is 3.45. The molecule has 1 saturated carbocycles. The zero-order valence-corrected chi connectivity index (χ0v) is 16.6. The fourth-order valence-corrected chi connectivity index (χ4v) is 3.45. The lowest BCUT2D eigenvalue weighted by molar-refractivity contribution is 0.335. The predicted octanol–water partition coefficient (Wildman–Crippen LogP) is 4.26. The first-order valence-electron chi connectivity index (χ1n) is 9.56. The van der Waals surface area contributed by atoms with Gasteiger partial charge in [0.1, 0.15) is 23.1 Å². The number of rotatable bonds is 7. The molecule has 1 aliphatic rings. The summed E-state index contributed by atoms with van der Waals surface area (Å²) >= 11 is 0. The molecule has 152 valence electrons. The minimum atomic E-state index is -0.648. The maximum Gasteiger partial charge on any atom is 0.180 e. The molecule has 1 fully saturated rings. The van der Waals surface area contributed by atoms with E-state index in [0.717, 1.165) is 24.1 Å². The average Bonchev–Trinajstić information content (AvgIpc) is 3.48. The molecule has 2 heterocycles. The monoisotopic (exact) mass is 400 g/mol. The van der Waals surface area contributed by atoms with Crippen molar-refractivity contribution in [2.45, 2.75) is 39.2 Å². The number of hydrogen-bond donors (Lipinski definition) is 0. The standard InChI is InChI=1S/C21H22F2N4O2/c1-4-29-14-7-17(22)16(18(23)8-14)11-27-20(13-5-6-13)12(2)19(26-27)21-24-9-15(28-3)10-25-21/h7-10,13H,4-6,11H2,1-3H3. The number of aromatic nitrogens is 4. The minimum Gasteiger partial charge on any atom is -0.494 e. The van der Waals surface area contributed by atoms with Crippen LogP contribution in [-0.4, -0.2) is 33.5 Å². The summed E-state index contributed by atoms with van der Waals surface area (Å²) in [6.07, 6.45) is 5.21. The van der Waals surface area contributed by atoms with E-state index in [1.165, 1.54) is 12.1 Å².